The lowest BCUT2D eigenvalue weighted by atomic mass is 10.1. The minimum absolute atomic E-state index is 0.000520. The second-order valence-corrected chi connectivity index (χ2v) is 11.0. The summed E-state index contributed by atoms with van der Waals surface area (Å²) in [7, 11) is 1.43. The third kappa shape index (κ3) is 4.08. The van der Waals surface area contributed by atoms with Crippen molar-refractivity contribution in [1.82, 2.24) is 9.88 Å². The van der Waals surface area contributed by atoms with Gasteiger partial charge in [0.1, 0.15) is 16.9 Å². The molecule has 1 saturated heterocycles. The molecule has 2 aromatic rings. The molecule has 0 bridgehead atoms. The van der Waals surface area contributed by atoms with Crippen LogP contribution >= 0.6 is 0 Å². The Hall–Kier alpha value is -3.30. The molecule has 3 fully saturated rings. The molecule has 188 valence electrons. The van der Waals surface area contributed by atoms with E-state index in [1.54, 1.807) is 25.3 Å². The van der Waals surface area contributed by atoms with E-state index in [-0.39, 0.29) is 39.8 Å². The summed E-state index contributed by atoms with van der Waals surface area (Å²) in [5.41, 5.74) is -1.19. The Labute approximate surface area is 201 Å². The standard InChI is InChI=1S/C25H30FN3O6/c1-24(2,3)35-23(33)27-11-25-8-13(25)9-28(12-25)19-17(26)7-15-18(21(19)34-4)29(14-5-6-14)10-16(20(15)30)22(31)32/h7,10,13-14H,5-6,8-9,11-12H2,1-4H3,(H,27,33)(H,31,32). The molecule has 10 heteroatoms. The molecule has 1 aromatic carbocycles. The van der Waals surface area contributed by atoms with Crippen LogP contribution in [0.4, 0.5) is 14.9 Å². The number of ether oxygens (including phenoxy) is 2. The zero-order valence-corrected chi connectivity index (χ0v) is 20.3. The third-order valence-corrected chi connectivity index (χ3v) is 7.18. The van der Waals surface area contributed by atoms with Crippen molar-refractivity contribution in [2.75, 3.05) is 31.6 Å². The van der Waals surface area contributed by atoms with Gasteiger partial charge >= 0.3 is 12.1 Å². The maximum absolute atomic E-state index is 15.5. The average Bonchev–Trinajstić information content (AvgIpc) is 3.68. The van der Waals surface area contributed by atoms with Gasteiger partial charge in [-0.25, -0.2) is 14.0 Å². The number of hydrogen-bond acceptors (Lipinski definition) is 6. The number of halogens is 1. The molecule has 35 heavy (non-hydrogen) atoms. The Bertz CT molecular complexity index is 1300. The number of carbonyl (C=O) groups excluding carboxylic acids is 1. The van der Waals surface area contributed by atoms with E-state index in [0.717, 1.165) is 25.3 Å². The molecule has 0 spiro atoms. The number of carboxylic acid groups (broad SMARTS) is 1. The molecule has 9 nitrogen and oxygen atoms in total. The molecular formula is C25H30FN3O6. The first-order valence-electron chi connectivity index (χ1n) is 11.8. The van der Waals surface area contributed by atoms with Crippen molar-refractivity contribution in [3.63, 3.8) is 0 Å². The molecule has 2 heterocycles. The summed E-state index contributed by atoms with van der Waals surface area (Å²) < 4.78 is 28.3. The number of pyridine rings is 1. The van der Waals surface area contributed by atoms with Gasteiger partial charge < -0.3 is 29.4 Å². The molecular weight excluding hydrogens is 457 g/mol. The molecule has 2 saturated carbocycles. The van der Waals surface area contributed by atoms with E-state index in [1.165, 1.54) is 13.3 Å². The molecule has 5 rings (SSSR count). The number of piperidine rings is 1. The molecule has 1 aromatic heterocycles. The third-order valence-electron chi connectivity index (χ3n) is 7.18. The van der Waals surface area contributed by atoms with Crippen molar-refractivity contribution < 1.29 is 28.6 Å². The molecule has 2 aliphatic carbocycles. The number of aromatic nitrogens is 1. The van der Waals surface area contributed by atoms with Crippen LogP contribution in [0.2, 0.25) is 0 Å². The van der Waals surface area contributed by atoms with Gasteiger partial charge in [0.2, 0.25) is 5.43 Å². The fraction of sp³-hybridized carbons (Fsp3) is 0.560. The van der Waals surface area contributed by atoms with Gasteiger partial charge in [0.25, 0.3) is 0 Å². The number of carboxylic acids is 1. The van der Waals surface area contributed by atoms with Crippen LogP contribution < -0.4 is 20.4 Å². The quantitative estimate of drug-likeness (QED) is 0.641. The zero-order chi connectivity index (χ0) is 25.3. The van der Waals surface area contributed by atoms with Crippen molar-refractivity contribution in [2.45, 2.75) is 51.7 Å². The largest absolute Gasteiger partial charge is 0.492 e. The predicted octanol–water partition coefficient (Wildman–Crippen LogP) is 3.53. The number of anilines is 1. The van der Waals surface area contributed by atoms with Crippen LogP contribution in [0, 0.1) is 17.2 Å². The Morgan fingerprint density at radius 1 is 1.31 bits per heavy atom. The zero-order valence-electron chi connectivity index (χ0n) is 20.3. The Kier molecular flexibility index (Phi) is 5.26. The number of nitrogens with zero attached hydrogens (tertiary/aromatic N) is 2. The van der Waals surface area contributed by atoms with Crippen LogP contribution in [0.15, 0.2) is 17.1 Å². The van der Waals surface area contributed by atoms with E-state index in [9.17, 15) is 19.5 Å². The van der Waals surface area contributed by atoms with Gasteiger partial charge in [0.05, 0.1) is 18.0 Å². The maximum atomic E-state index is 15.5. The molecule has 0 radical (unpaired) electrons. The highest BCUT2D eigenvalue weighted by atomic mass is 19.1. The molecule has 3 aliphatic rings. The predicted molar refractivity (Wildman–Crippen MR) is 127 cm³/mol. The number of nitrogens with one attached hydrogen (secondary N) is 1. The van der Waals surface area contributed by atoms with Crippen molar-refractivity contribution >= 4 is 28.7 Å². The van der Waals surface area contributed by atoms with E-state index in [0.29, 0.717) is 25.2 Å². The fourth-order valence-corrected chi connectivity index (χ4v) is 5.32. The highest BCUT2D eigenvalue weighted by Gasteiger charge is 2.60. The number of benzene rings is 1. The smallest absolute Gasteiger partial charge is 0.407 e. The van der Waals surface area contributed by atoms with Crippen LogP contribution in [0.1, 0.15) is 56.4 Å². The molecule has 1 amide bonds. The number of alkyl carbamates (subject to hydrolysis) is 1. The van der Waals surface area contributed by atoms with E-state index in [4.69, 9.17) is 9.47 Å². The van der Waals surface area contributed by atoms with Crippen molar-refractivity contribution in [3.8, 4) is 5.75 Å². The van der Waals surface area contributed by atoms with Gasteiger partial charge in [0.15, 0.2) is 11.6 Å². The minimum atomic E-state index is -1.34. The number of fused-ring (bicyclic) bond motifs is 2. The van der Waals surface area contributed by atoms with Gasteiger partial charge in [-0.15, -0.1) is 0 Å². The maximum Gasteiger partial charge on any atom is 0.407 e. The summed E-state index contributed by atoms with van der Waals surface area (Å²) >= 11 is 0. The van der Waals surface area contributed by atoms with Crippen LogP contribution in [0.5, 0.6) is 5.75 Å². The highest BCUT2D eigenvalue weighted by Crippen LogP contribution is 2.59. The monoisotopic (exact) mass is 487 g/mol. The second-order valence-electron chi connectivity index (χ2n) is 11.0. The average molecular weight is 488 g/mol. The first-order chi connectivity index (χ1) is 16.4. The fourth-order valence-electron chi connectivity index (χ4n) is 5.32. The Balaban J connectivity index is 1.49. The molecule has 2 unspecified atom stereocenters. The van der Waals surface area contributed by atoms with Crippen LogP contribution in [0.25, 0.3) is 10.9 Å². The lowest BCUT2D eigenvalue weighted by molar-refractivity contribution is 0.0516. The van der Waals surface area contributed by atoms with Crippen LogP contribution in [-0.2, 0) is 4.74 Å². The first-order valence-corrected chi connectivity index (χ1v) is 11.8. The summed E-state index contributed by atoms with van der Waals surface area (Å²) in [6.45, 7) is 6.95. The van der Waals surface area contributed by atoms with Gasteiger partial charge in [-0.3, -0.25) is 4.79 Å². The Morgan fingerprint density at radius 3 is 2.63 bits per heavy atom. The summed E-state index contributed by atoms with van der Waals surface area (Å²) in [6.07, 6.45) is 3.48. The Morgan fingerprint density at radius 2 is 2.03 bits per heavy atom. The first kappa shape index (κ1) is 23.4. The molecule has 1 aliphatic heterocycles. The number of rotatable bonds is 6. The number of carbonyl (C=O) groups is 2. The van der Waals surface area contributed by atoms with E-state index in [1.807, 2.05) is 4.90 Å². The van der Waals surface area contributed by atoms with Crippen molar-refractivity contribution in [1.29, 1.82) is 0 Å². The van der Waals surface area contributed by atoms with E-state index >= 15 is 4.39 Å². The van der Waals surface area contributed by atoms with Gasteiger partial charge in [0, 0.05) is 37.3 Å². The summed E-state index contributed by atoms with van der Waals surface area (Å²) in [5.74, 6) is -1.45. The van der Waals surface area contributed by atoms with Gasteiger partial charge in [-0.05, 0) is 52.0 Å². The van der Waals surface area contributed by atoms with Gasteiger partial charge in [-0.2, -0.15) is 0 Å². The number of aromatic carboxylic acids is 1. The lowest BCUT2D eigenvalue weighted by Crippen LogP contribution is -2.38. The molecule has 2 N–H and O–H groups in total. The van der Waals surface area contributed by atoms with Crippen molar-refractivity contribution in [3.05, 3.63) is 33.9 Å². The molecule has 2 atom stereocenters. The second kappa shape index (κ2) is 7.86. The topological polar surface area (TPSA) is 110 Å². The number of methoxy groups -OCH3 is 1. The van der Waals surface area contributed by atoms with E-state index < -0.39 is 28.9 Å². The number of amides is 1. The van der Waals surface area contributed by atoms with Crippen LogP contribution in [0.3, 0.4) is 0 Å². The summed E-state index contributed by atoms with van der Waals surface area (Å²) in [5, 5.41) is 12.4. The van der Waals surface area contributed by atoms with Gasteiger partial charge in [-0.1, -0.05) is 0 Å². The minimum Gasteiger partial charge on any atom is -0.492 e. The lowest BCUT2D eigenvalue weighted by Gasteiger charge is -2.27. The summed E-state index contributed by atoms with van der Waals surface area (Å²) in [6, 6.07) is 1.18. The van der Waals surface area contributed by atoms with E-state index in [2.05, 4.69) is 5.32 Å². The SMILES string of the molecule is COc1c(N2CC3CC3(CNC(=O)OC(C)(C)C)C2)c(F)cc2c(=O)c(C(=O)O)cn(C3CC3)c12. The van der Waals surface area contributed by atoms with Crippen LogP contribution in [-0.4, -0.2) is 54.1 Å². The summed E-state index contributed by atoms with van der Waals surface area (Å²) in [4.78, 5) is 38.6. The van der Waals surface area contributed by atoms with Crippen molar-refractivity contribution in [2.24, 2.45) is 11.3 Å². The highest BCUT2D eigenvalue weighted by molar-refractivity contribution is 5.97. The normalized spacial score (nSPS) is 23.2. The number of hydrogen-bond donors (Lipinski definition) is 2.